The monoisotopic (exact) mass is 470 g/mol. The second kappa shape index (κ2) is 8.60. The predicted molar refractivity (Wildman–Crippen MR) is 115 cm³/mol. The van der Waals surface area contributed by atoms with Gasteiger partial charge in [-0.2, -0.15) is 0 Å². The zero-order chi connectivity index (χ0) is 17.3. The second-order valence-corrected chi connectivity index (χ2v) is 6.31. The molecule has 28 heavy (non-hydrogen) atoms. The molecule has 0 unspecified atom stereocenters. The molecule has 0 saturated heterocycles. The van der Waals surface area contributed by atoms with E-state index in [-0.39, 0.29) is 31.9 Å². The third-order valence-electron chi connectivity index (χ3n) is 4.79. The molecule has 0 aliphatic heterocycles. The van der Waals surface area contributed by atoms with Crippen LogP contribution in [0.2, 0.25) is 0 Å². The van der Waals surface area contributed by atoms with Crippen molar-refractivity contribution in [1.29, 1.82) is 0 Å². The van der Waals surface area contributed by atoms with E-state index in [2.05, 4.69) is 82.8 Å². The summed E-state index contributed by atoms with van der Waals surface area (Å²) in [5.74, 6) is 0. The quantitative estimate of drug-likeness (QED) is 0.217. The number of rotatable bonds is 2. The van der Waals surface area contributed by atoms with Gasteiger partial charge in [-0.1, -0.05) is 72.8 Å². The van der Waals surface area contributed by atoms with Crippen molar-refractivity contribution in [3.8, 4) is 22.3 Å². The van der Waals surface area contributed by atoms with Crippen LogP contribution in [-0.2, 0) is 19.5 Å². The van der Waals surface area contributed by atoms with Crippen LogP contribution in [0.5, 0.6) is 0 Å². The molecule has 4 heteroatoms. The van der Waals surface area contributed by atoms with Crippen molar-refractivity contribution >= 4 is 34.2 Å². The standard InChI is InChI=1S/C24H16N2.ClH.Ru/c1-3-7-17(8-4-1)19-13-15-25-23-21(19)11-12-22-20(14-16-26-24(22)23)18-9-5-2-6-10-18;;/h1-16H;1H;. The van der Waals surface area contributed by atoms with Crippen LogP contribution in [-0.4, -0.2) is 9.97 Å². The number of pyridine rings is 2. The van der Waals surface area contributed by atoms with Crippen LogP contribution in [0.1, 0.15) is 0 Å². The van der Waals surface area contributed by atoms with Gasteiger partial charge in [0, 0.05) is 42.6 Å². The molecule has 2 aromatic heterocycles. The van der Waals surface area contributed by atoms with Gasteiger partial charge in [-0.3, -0.25) is 9.97 Å². The third kappa shape index (κ3) is 3.44. The zero-order valence-electron chi connectivity index (χ0n) is 14.9. The van der Waals surface area contributed by atoms with E-state index in [1.54, 1.807) is 0 Å². The Morgan fingerprint density at radius 1 is 0.464 bits per heavy atom. The first-order valence-electron chi connectivity index (χ1n) is 8.69. The van der Waals surface area contributed by atoms with E-state index >= 15 is 0 Å². The maximum Gasteiger partial charge on any atom is 0.0970 e. The number of nitrogens with zero attached hydrogens (tertiary/aromatic N) is 2. The molecule has 0 bridgehead atoms. The number of benzene rings is 3. The Morgan fingerprint density at radius 3 is 1.25 bits per heavy atom. The zero-order valence-corrected chi connectivity index (χ0v) is 17.4. The van der Waals surface area contributed by atoms with Crippen LogP contribution in [0.3, 0.4) is 0 Å². The molecular formula is C24H17ClN2Ru. The molecule has 3 aromatic carbocycles. The topological polar surface area (TPSA) is 25.8 Å². The SMILES string of the molecule is Cl.[Ru].c1ccc(-c2ccnc3c2ccc2c(-c4ccccc4)ccnc23)cc1. The van der Waals surface area contributed by atoms with Gasteiger partial charge in [0.05, 0.1) is 11.0 Å². The fraction of sp³-hybridized carbons (Fsp3) is 0. The minimum absolute atomic E-state index is 0. The van der Waals surface area contributed by atoms with Gasteiger partial charge in [0.2, 0.25) is 0 Å². The summed E-state index contributed by atoms with van der Waals surface area (Å²) in [5, 5.41) is 2.26. The summed E-state index contributed by atoms with van der Waals surface area (Å²) < 4.78 is 0. The van der Waals surface area contributed by atoms with E-state index in [1.807, 2.05) is 24.5 Å². The van der Waals surface area contributed by atoms with Crippen molar-refractivity contribution in [2.45, 2.75) is 0 Å². The fourth-order valence-electron chi connectivity index (χ4n) is 3.57. The smallest absolute Gasteiger partial charge is 0.0970 e. The van der Waals surface area contributed by atoms with Gasteiger partial charge in [-0.05, 0) is 34.4 Å². The molecule has 0 fully saturated rings. The van der Waals surface area contributed by atoms with Crippen LogP contribution in [0.15, 0.2) is 97.3 Å². The van der Waals surface area contributed by atoms with Gasteiger partial charge in [-0.25, -0.2) is 0 Å². The molecule has 0 amide bonds. The Bertz CT molecular complexity index is 1130. The van der Waals surface area contributed by atoms with E-state index in [0.29, 0.717) is 0 Å². The Balaban J connectivity index is 0.00000112. The van der Waals surface area contributed by atoms with Crippen molar-refractivity contribution in [3.05, 3.63) is 97.3 Å². The van der Waals surface area contributed by atoms with Gasteiger partial charge in [0.1, 0.15) is 0 Å². The first-order valence-corrected chi connectivity index (χ1v) is 8.69. The Hall–Kier alpha value is -2.61. The van der Waals surface area contributed by atoms with Gasteiger partial charge < -0.3 is 0 Å². The molecule has 2 nitrogen and oxygen atoms in total. The number of halogens is 1. The first kappa shape index (κ1) is 20.1. The molecule has 5 aromatic rings. The fourth-order valence-corrected chi connectivity index (χ4v) is 3.57. The molecule has 2 heterocycles. The van der Waals surface area contributed by atoms with E-state index < -0.39 is 0 Å². The normalized spacial score (nSPS) is 10.3. The summed E-state index contributed by atoms with van der Waals surface area (Å²) in [5.41, 5.74) is 6.65. The number of aromatic nitrogens is 2. The Labute approximate surface area is 182 Å². The molecular weight excluding hydrogens is 453 g/mol. The van der Waals surface area contributed by atoms with Crippen LogP contribution >= 0.6 is 12.4 Å². The summed E-state index contributed by atoms with van der Waals surface area (Å²) in [4.78, 5) is 9.34. The van der Waals surface area contributed by atoms with E-state index in [9.17, 15) is 0 Å². The second-order valence-electron chi connectivity index (χ2n) is 6.31. The van der Waals surface area contributed by atoms with Crippen molar-refractivity contribution in [3.63, 3.8) is 0 Å². The van der Waals surface area contributed by atoms with Gasteiger partial charge in [0.25, 0.3) is 0 Å². The molecule has 0 atom stereocenters. The van der Waals surface area contributed by atoms with Gasteiger partial charge in [0.15, 0.2) is 0 Å². The van der Waals surface area contributed by atoms with Gasteiger partial charge in [-0.15, -0.1) is 12.4 Å². The summed E-state index contributed by atoms with van der Waals surface area (Å²) in [7, 11) is 0. The van der Waals surface area contributed by atoms with Crippen LogP contribution < -0.4 is 0 Å². The average Bonchev–Trinajstić information content (AvgIpc) is 2.74. The largest absolute Gasteiger partial charge is 0.254 e. The Kier molecular flexibility index (Phi) is 6.19. The van der Waals surface area contributed by atoms with Crippen LogP contribution in [0.25, 0.3) is 44.1 Å². The van der Waals surface area contributed by atoms with Crippen molar-refractivity contribution in [2.24, 2.45) is 0 Å². The Morgan fingerprint density at radius 2 is 0.857 bits per heavy atom. The predicted octanol–water partition coefficient (Wildman–Crippen LogP) is 6.54. The first-order chi connectivity index (χ1) is 12.9. The average molecular weight is 470 g/mol. The van der Waals surface area contributed by atoms with Crippen molar-refractivity contribution < 1.29 is 19.5 Å². The molecule has 0 radical (unpaired) electrons. The summed E-state index contributed by atoms with van der Waals surface area (Å²) in [6.45, 7) is 0. The number of hydrogen-bond donors (Lipinski definition) is 0. The molecule has 0 aliphatic carbocycles. The van der Waals surface area contributed by atoms with Gasteiger partial charge >= 0.3 is 0 Å². The van der Waals surface area contributed by atoms with Crippen LogP contribution in [0.4, 0.5) is 0 Å². The van der Waals surface area contributed by atoms with E-state index in [1.165, 1.54) is 22.3 Å². The molecule has 0 spiro atoms. The van der Waals surface area contributed by atoms with Crippen molar-refractivity contribution in [2.75, 3.05) is 0 Å². The number of hydrogen-bond acceptors (Lipinski definition) is 2. The maximum absolute atomic E-state index is 4.67. The third-order valence-corrected chi connectivity index (χ3v) is 4.79. The van der Waals surface area contributed by atoms with Crippen LogP contribution in [0, 0.1) is 0 Å². The molecule has 0 N–H and O–H groups in total. The van der Waals surface area contributed by atoms with Crippen molar-refractivity contribution in [1.82, 2.24) is 9.97 Å². The number of fused-ring (bicyclic) bond motifs is 3. The summed E-state index contributed by atoms with van der Waals surface area (Å²) in [6.07, 6.45) is 3.75. The molecule has 138 valence electrons. The molecule has 5 rings (SSSR count). The maximum atomic E-state index is 4.67. The minimum atomic E-state index is 0. The molecule has 0 saturated carbocycles. The summed E-state index contributed by atoms with van der Waals surface area (Å²) in [6, 6.07) is 29.3. The van der Waals surface area contributed by atoms with E-state index in [0.717, 1.165) is 21.8 Å². The van der Waals surface area contributed by atoms with E-state index in [4.69, 9.17) is 0 Å². The molecule has 0 aliphatic rings. The minimum Gasteiger partial charge on any atom is -0.254 e. The summed E-state index contributed by atoms with van der Waals surface area (Å²) >= 11 is 0.